The largest absolute Gasteiger partial charge is 0.357 e. The van der Waals surface area contributed by atoms with Gasteiger partial charge in [-0.1, -0.05) is 41.9 Å². The first-order valence-corrected chi connectivity index (χ1v) is 8.84. The van der Waals surface area contributed by atoms with E-state index < -0.39 is 0 Å². The lowest BCUT2D eigenvalue weighted by atomic mass is 9.78. The van der Waals surface area contributed by atoms with Crippen LogP contribution in [0.15, 0.2) is 47.6 Å². The molecule has 0 radical (unpaired) electrons. The van der Waals surface area contributed by atoms with Crippen LogP contribution in [0.4, 0.5) is 0 Å². The van der Waals surface area contributed by atoms with E-state index in [2.05, 4.69) is 46.8 Å². The summed E-state index contributed by atoms with van der Waals surface area (Å²) in [5, 5.41) is 7.23. The summed E-state index contributed by atoms with van der Waals surface area (Å²) >= 11 is 5.81. The average molecular weight is 471 g/mol. The highest BCUT2D eigenvalue weighted by Crippen LogP contribution is 2.34. The van der Waals surface area contributed by atoms with Crippen LogP contribution in [0.3, 0.4) is 0 Å². The second kappa shape index (κ2) is 9.97. The SMILES string of the molecule is CCNC(=NCC1Cc2ccccc21)NCCc1ccc(Cl)nc1.I. The van der Waals surface area contributed by atoms with Gasteiger partial charge in [-0.15, -0.1) is 24.0 Å². The molecule has 1 aromatic carbocycles. The summed E-state index contributed by atoms with van der Waals surface area (Å²) in [6.45, 7) is 4.58. The monoisotopic (exact) mass is 470 g/mol. The maximum absolute atomic E-state index is 5.81. The molecule has 1 unspecified atom stereocenters. The first-order chi connectivity index (χ1) is 11.8. The lowest BCUT2D eigenvalue weighted by Gasteiger charge is -2.28. The highest BCUT2D eigenvalue weighted by molar-refractivity contribution is 14.0. The van der Waals surface area contributed by atoms with Crippen molar-refractivity contribution in [2.45, 2.75) is 25.7 Å². The molecule has 134 valence electrons. The van der Waals surface area contributed by atoms with Crippen molar-refractivity contribution in [2.24, 2.45) is 4.99 Å². The third kappa shape index (κ3) is 5.57. The molecule has 0 saturated carbocycles. The summed E-state index contributed by atoms with van der Waals surface area (Å²) in [6, 6.07) is 12.5. The number of fused-ring (bicyclic) bond motifs is 1. The van der Waals surface area contributed by atoms with Gasteiger partial charge in [0.2, 0.25) is 0 Å². The van der Waals surface area contributed by atoms with Crippen LogP contribution in [-0.4, -0.2) is 30.6 Å². The maximum atomic E-state index is 5.81. The summed E-state index contributed by atoms with van der Waals surface area (Å²) in [6.07, 6.45) is 3.84. The van der Waals surface area contributed by atoms with Crippen LogP contribution in [0.25, 0.3) is 0 Å². The van der Waals surface area contributed by atoms with Crippen molar-refractivity contribution in [3.8, 4) is 0 Å². The molecule has 6 heteroatoms. The first-order valence-electron chi connectivity index (χ1n) is 8.46. The molecule has 2 aromatic rings. The minimum Gasteiger partial charge on any atom is -0.357 e. The Morgan fingerprint density at radius 3 is 2.80 bits per heavy atom. The summed E-state index contributed by atoms with van der Waals surface area (Å²) in [4.78, 5) is 8.84. The Balaban J connectivity index is 0.00000225. The normalized spacial score (nSPS) is 15.6. The van der Waals surface area contributed by atoms with Crippen molar-refractivity contribution in [3.63, 3.8) is 0 Å². The zero-order chi connectivity index (χ0) is 16.8. The number of pyridine rings is 1. The van der Waals surface area contributed by atoms with Crippen LogP contribution in [-0.2, 0) is 12.8 Å². The van der Waals surface area contributed by atoms with Gasteiger partial charge in [0.05, 0.1) is 0 Å². The molecule has 0 fully saturated rings. The van der Waals surface area contributed by atoms with Gasteiger partial charge < -0.3 is 10.6 Å². The van der Waals surface area contributed by atoms with Crippen LogP contribution in [0.1, 0.15) is 29.5 Å². The average Bonchev–Trinajstić information content (AvgIpc) is 2.57. The number of halogens is 2. The Bertz CT molecular complexity index is 703. The fourth-order valence-corrected chi connectivity index (χ4v) is 3.06. The van der Waals surface area contributed by atoms with Gasteiger partial charge in [0.25, 0.3) is 0 Å². The van der Waals surface area contributed by atoms with Crippen molar-refractivity contribution in [1.29, 1.82) is 0 Å². The smallest absolute Gasteiger partial charge is 0.191 e. The molecule has 4 nitrogen and oxygen atoms in total. The standard InChI is InChI=1S/C19H23ClN4.HI/c1-2-21-19(22-10-9-14-7-8-18(20)23-12-14)24-13-16-11-15-5-3-4-6-17(15)16;/h3-8,12,16H,2,9-11,13H2,1H3,(H2,21,22,24);1H. The minimum atomic E-state index is 0. The highest BCUT2D eigenvalue weighted by atomic mass is 127. The zero-order valence-corrected chi connectivity index (χ0v) is 17.4. The first kappa shape index (κ1) is 20.0. The van der Waals surface area contributed by atoms with Gasteiger partial charge in [-0.3, -0.25) is 4.99 Å². The topological polar surface area (TPSA) is 49.3 Å². The van der Waals surface area contributed by atoms with E-state index in [1.165, 1.54) is 11.1 Å². The highest BCUT2D eigenvalue weighted by Gasteiger charge is 2.24. The predicted molar refractivity (Wildman–Crippen MR) is 115 cm³/mol. The molecule has 0 saturated heterocycles. The number of hydrogen-bond donors (Lipinski definition) is 2. The number of aromatic nitrogens is 1. The molecule has 0 spiro atoms. The van der Waals surface area contributed by atoms with E-state index in [0.717, 1.165) is 44.0 Å². The van der Waals surface area contributed by atoms with Gasteiger partial charge in [-0.2, -0.15) is 0 Å². The van der Waals surface area contributed by atoms with E-state index in [-0.39, 0.29) is 24.0 Å². The van der Waals surface area contributed by atoms with Crippen LogP contribution in [0, 0.1) is 0 Å². The van der Waals surface area contributed by atoms with Gasteiger partial charge in [0.15, 0.2) is 5.96 Å². The number of rotatable bonds is 6. The summed E-state index contributed by atoms with van der Waals surface area (Å²) in [7, 11) is 0. The minimum absolute atomic E-state index is 0. The molecular weight excluding hydrogens is 447 g/mol. The van der Waals surface area contributed by atoms with Crippen molar-refractivity contribution in [2.75, 3.05) is 19.6 Å². The summed E-state index contributed by atoms with van der Waals surface area (Å²) < 4.78 is 0. The number of nitrogens with one attached hydrogen (secondary N) is 2. The van der Waals surface area contributed by atoms with E-state index >= 15 is 0 Å². The van der Waals surface area contributed by atoms with Crippen LogP contribution >= 0.6 is 35.6 Å². The van der Waals surface area contributed by atoms with Gasteiger partial charge in [0, 0.05) is 31.7 Å². The molecule has 1 heterocycles. The second-order valence-electron chi connectivity index (χ2n) is 5.99. The Morgan fingerprint density at radius 2 is 2.08 bits per heavy atom. The molecule has 1 aliphatic rings. The quantitative estimate of drug-likeness (QED) is 0.292. The lowest BCUT2D eigenvalue weighted by Crippen LogP contribution is -2.39. The van der Waals surface area contributed by atoms with Crippen molar-refractivity contribution < 1.29 is 0 Å². The number of aliphatic imine (C=N–C) groups is 1. The van der Waals surface area contributed by atoms with E-state index in [0.29, 0.717) is 11.1 Å². The summed E-state index contributed by atoms with van der Waals surface area (Å²) in [5.41, 5.74) is 4.07. The molecule has 25 heavy (non-hydrogen) atoms. The third-order valence-corrected chi connectivity index (χ3v) is 4.49. The van der Waals surface area contributed by atoms with Gasteiger partial charge in [-0.05, 0) is 42.5 Å². The van der Waals surface area contributed by atoms with E-state index in [4.69, 9.17) is 16.6 Å². The number of guanidine groups is 1. The lowest BCUT2D eigenvalue weighted by molar-refractivity contribution is 0.614. The molecule has 0 aliphatic heterocycles. The van der Waals surface area contributed by atoms with Crippen LogP contribution < -0.4 is 10.6 Å². The number of benzene rings is 1. The predicted octanol–water partition coefficient (Wildman–Crippen LogP) is 3.79. The van der Waals surface area contributed by atoms with Gasteiger partial charge in [0.1, 0.15) is 5.15 Å². The molecule has 0 bridgehead atoms. The van der Waals surface area contributed by atoms with Crippen LogP contribution in [0.2, 0.25) is 5.15 Å². The summed E-state index contributed by atoms with van der Waals surface area (Å²) in [5.74, 6) is 1.43. The molecule has 3 rings (SSSR count). The number of hydrogen-bond acceptors (Lipinski definition) is 2. The fourth-order valence-electron chi connectivity index (χ4n) is 2.95. The Hall–Kier alpha value is -1.34. The molecule has 1 aromatic heterocycles. The Morgan fingerprint density at radius 1 is 1.24 bits per heavy atom. The Kier molecular flexibility index (Phi) is 7.96. The fraction of sp³-hybridized carbons (Fsp3) is 0.368. The second-order valence-corrected chi connectivity index (χ2v) is 6.37. The molecule has 1 aliphatic carbocycles. The maximum Gasteiger partial charge on any atom is 0.191 e. The third-order valence-electron chi connectivity index (χ3n) is 4.27. The van der Waals surface area contributed by atoms with Crippen LogP contribution in [0.5, 0.6) is 0 Å². The Labute approximate surface area is 171 Å². The molecule has 1 atom stereocenters. The van der Waals surface area contributed by atoms with E-state index in [1.54, 1.807) is 0 Å². The van der Waals surface area contributed by atoms with Gasteiger partial charge in [-0.25, -0.2) is 4.98 Å². The van der Waals surface area contributed by atoms with Crippen molar-refractivity contribution in [1.82, 2.24) is 15.6 Å². The van der Waals surface area contributed by atoms with Crippen molar-refractivity contribution >= 4 is 41.5 Å². The van der Waals surface area contributed by atoms with E-state index in [1.807, 2.05) is 18.3 Å². The molecule has 0 amide bonds. The zero-order valence-electron chi connectivity index (χ0n) is 14.3. The molecule has 2 N–H and O–H groups in total. The van der Waals surface area contributed by atoms with E-state index in [9.17, 15) is 0 Å². The number of nitrogens with zero attached hydrogens (tertiary/aromatic N) is 2. The van der Waals surface area contributed by atoms with Gasteiger partial charge >= 0.3 is 0 Å². The van der Waals surface area contributed by atoms with Crippen molar-refractivity contribution in [3.05, 3.63) is 64.4 Å². The molecular formula is C19H24ClIN4.